The highest BCUT2D eigenvalue weighted by Gasteiger charge is 2.20. The van der Waals surface area contributed by atoms with E-state index in [4.69, 9.17) is 10.6 Å². The van der Waals surface area contributed by atoms with Crippen molar-refractivity contribution >= 4 is 27.3 Å². The van der Waals surface area contributed by atoms with Crippen LogP contribution in [0.4, 0.5) is 0 Å². The first kappa shape index (κ1) is 12.5. The highest BCUT2D eigenvalue weighted by molar-refractivity contribution is 9.11. The molecule has 1 fully saturated rings. The van der Waals surface area contributed by atoms with E-state index in [0.717, 1.165) is 42.2 Å². The smallest absolute Gasteiger partial charge is 0.0702 e. The van der Waals surface area contributed by atoms with Gasteiger partial charge in [-0.2, -0.15) is 0 Å². The van der Waals surface area contributed by atoms with Gasteiger partial charge in [0.1, 0.15) is 0 Å². The van der Waals surface area contributed by atoms with Crippen LogP contribution >= 0.6 is 27.3 Å². The standard InChI is InChI=1S/C11H17BrN2OS/c12-11-2-1-10(16-11)9(14-13)7-8-3-5-15-6-4-8/h1-2,8-9,14H,3-7,13H2. The zero-order chi connectivity index (χ0) is 11.4. The van der Waals surface area contributed by atoms with Crippen LogP contribution in [0.1, 0.15) is 30.2 Å². The zero-order valence-corrected chi connectivity index (χ0v) is 11.5. The summed E-state index contributed by atoms with van der Waals surface area (Å²) >= 11 is 5.24. The quantitative estimate of drug-likeness (QED) is 0.664. The summed E-state index contributed by atoms with van der Waals surface area (Å²) in [6.07, 6.45) is 3.42. The third-order valence-electron chi connectivity index (χ3n) is 3.05. The van der Waals surface area contributed by atoms with Gasteiger partial charge in [-0.1, -0.05) is 0 Å². The number of hydrazine groups is 1. The van der Waals surface area contributed by atoms with E-state index in [-0.39, 0.29) is 6.04 Å². The Hall–Kier alpha value is 0.0600. The second-order valence-electron chi connectivity index (χ2n) is 4.15. The Morgan fingerprint density at radius 3 is 2.81 bits per heavy atom. The van der Waals surface area contributed by atoms with Gasteiger partial charge in [0.2, 0.25) is 0 Å². The topological polar surface area (TPSA) is 47.3 Å². The fourth-order valence-electron chi connectivity index (χ4n) is 2.10. The molecule has 0 amide bonds. The largest absolute Gasteiger partial charge is 0.381 e. The zero-order valence-electron chi connectivity index (χ0n) is 9.12. The molecular formula is C11H17BrN2OS. The van der Waals surface area contributed by atoms with E-state index in [1.54, 1.807) is 11.3 Å². The molecule has 1 saturated heterocycles. The molecule has 1 aliphatic rings. The fraction of sp³-hybridized carbons (Fsp3) is 0.636. The van der Waals surface area contributed by atoms with Crippen LogP contribution in [-0.2, 0) is 4.74 Å². The minimum Gasteiger partial charge on any atom is -0.381 e. The van der Waals surface area contributed by atoms with Crippen LogP contribution in [0, 0.1) is 5.92 Å². The average Bonchev–Trinajstić information content (AvgIpc) is 2.74. The Balaban J connectivity index is 1.94. The van der Waals surface area contributed by atoms with E-state index in [0.29, 0.717) is 0 Å². The summed E-state index contributed by atoms with van der Waals surface area (Å²) < 4.78 is 6.53. The molecule has 90 valence electrons. The maximum Gasteiger partial charge on any atom is 0.0702 e. The number of nitrogens with one attached hydrogen (secondary N) is 1. The van der Waals surface area contributed by atoms with Crippen LogP contribution in [0.3, 0.4) is 0 Å². The first-order valence-electron chi connectivity index (χ1n) is 5.58. The predicted octanol–water partition coefficient (Wildman–Crippen LogP) is 2.83. The molecule has 5 heteroatoms. The Bertz CT molecular complexity index is 326. The third-order valence-corrected chi connectivity index (χ3v) is 4.79. The lowest BCUT2D eigenvalue weighted by molar-refractivity contribution is 0.0606. The monoisotopic (exact) mass is 304 g/mol. The van der Waals surface area contributed by atoms with Gasteiger partial charge >= 0.3 is 0 Å². The van der Waals surface area contributed by atoms with Crippen LogP contribution in [0.25, 0.3) is 0 Å². The molecule has 3 nitrogen and oxygen atoms in total. The van der Waals surface area contributed by atoms with Crippen molar-refractivity contribution < 1.29 is 4.74 Å². The summed E-state index contributed by atoms with van der Waals surface area (Å²) in [7, 11) is 0. The van der Waals surface area contributed by atoms with Gasteiger partial charge < -0.3 is 4.74 Å². The summed E-state index contributed by atoms with van der Waals surface area (Å²) in [6.45, 7) is 1.80. The second kappa shape index (κ2) is 6.12. The highest BCUT2D eigenvalue weighted by atomic mass is 79.9. The molecule has 0 aromatic carbocycles. The van der Waals surface area contributed by atoms with Crippen molar-refractivity contribution in [2.45, 2.75) is 25.3 Å². The van der Waals surface area contributed by atoms with Gasteiger partial charge in [0.05, 0.1) is 9.83 Å². The summed E-state index contributed by atoms with van der Waals surface area (Å²) in [5.41, 5.74) is 2.93. The number of ether oxygens (including phenoxy) is 1. The summed E-state index contributed by atoms with van der Waals surface area (Å²) in [5.74, 6) is 6.37. The van der Waals surface area contributed by atoms with Gasteiger partial charge in [0.25, 0.3) is 0 Å². The molecule has 2 rings (SSSR count). The summed E-state index contributed by atoms with van der Waals surface area (Å²) in [5, 5.41) is 0. The number of hydrogen-bond acceptors (Lipinski definition) is 4. The number of halogens is 1. The Morgan fingerprint density at radius 1 is 1.50 bits per heavy atom. The van der Waals surface area contributed by atoms with Gasteiger partial charge in [0.15, 0.2) is 0 Å². The summed E-state index contributed by atoms with van der Waals surface area (Å²) in [6, 6.07) is 4.49. The van der Waals surface area contributed by atoms with E-state index in [2.05, 4.69) is 33.5 Å². The van der Waals surface area contributed by atoms with Gasteiger partial charge in [-0.3, -0.25) is 11.3 Å². The first-order valence-corrected chi connectivity index (χ1v) is 7.19. The lowest BCUT2D eigenvalue weighted by Gasteiger charge is -2.25. The van der Waals surface area contributed by atoms with Gasteiger partial charge in [-0.25, -0.2) is 0 Å². The van der Waals surface area contributed by atoms with Crippen molar-refractivity contribution in [3.05, 3.63) is 20.8 Å². The SMILES string of the molecule is NNC(CC1CCOCC1)c1ccc(Br)s1. The molecule has 0 saturated carbocycles. The van der Waals surface area contributed by atoms with E-state index < -0.39 is 0 Å². The Labute approximate surface area is 108 Å². The molecule has 0 aliphatic carbocycles. The number of thiophene rings is 1. The van der Waals surface area contributed by atoms with Crippen LogP contribution in [-0.4, -0.2) is 13.2 Å². The van der Waals surface area contributed by atoms with Crippen LogP contribution in [0.5, 0.6) is 0 Å². The van der Waals surface area contributed by atoms with Crippen LogP contribution in [0.15, 0.2) is 15.9 Å². The van der Waals surface area contributed by atoms with E-state index in [1.807, 2.05) is 0 Å². The van der Waals surface area contributed by atoms with E-state index in [1.165, 1.54) is 4.88 Å². The molecule has 16 heavy (non-hydrogen) atoms. The molecule has 1 unspecified atom stereocenters. The minimum absolute atomic E-state index is 0.277. The lowest BCUT2D eigenvalue weighted by Crippen LogP contribution is -2.30. The van der Waals surface area contributed by atoms with E-state index >= 15 is 0 Å². The lowest BCUT2D eigenvalue weighted by atomic mass is 9.92. The normalized spacial score (nSPS) is 19.9. The Morgan fingerprint density at radius 2 is 2.25 bits per heavy atom. The fourth-order valence-corrected chi connectivity index (χ4v) is 3.59. The van der Waals surface area contributed by atoms with Crippen molar-refractivity contribution in [1.82, 2.24) is 5.43 Å². The third kappa shape index (κ3) is 3.28. The highest BCUT2D eigenvalue weighted by Crippen LogP contribution is 2.32. The number of hydrogen-bond donors (Lipinski definition) is 2. The second-order valence-corrected chi connectivity index (χ2v) is 6.65. The van der Waals surface area contributed by atoms with Gasteiger partial charge in [-0.05, 0) is 53.2 Å². The van der Waals surface area contributed by atoms with Crippen molar-refractivity contribution in [2.24, 2.45) is 11.8 Å². The van der Waals surface area contributed by atoms with E-state index in [9.17, 15) is 0 Å². The average molecular weight is 305 g/mol. The molecular weight excluding hydrogens is 288 g/mol. The molecule has 0 bridgehead atoms. The van der Waals surface area contributed by atoms with Gasteiger partial charge in [-0.15, -0.1) is 11.3 Å². The predicted molar refractivity (Wildman–Crippen MR) is 70.2 cm³/mol. The molecule has 1 aromatic rings. The number of rotatable bonds is 4. The number of nitrogens with two attached hydrogens (primary N) is 1. The molecule has 2 heterocycles. The molecule has 0 spiro atoms. The summed E-state index contributed by atoms with van der Waals surface area (Å²) in [4.78, 5) is 1.31. The Kier molecular flexibility index (Phi) is 4.79. The maximum atomic E-state index is 5.64. The van der Waals surface area contributed by atoms with Crippen molar-refractivity contribution in [2.75, 3.05) is 13.2 Å². The van der Waals surface area contributed by atoms with Crippen molar-refractivity contribution in [3.63, 3.8) is 0 Å². The van der Waals surface area contributed by atoms with Crippen molar-refractivity contribution in [3.8, 4) is 0 Å². The first-order chi connectivity index (χ1) is 7.79. The molecule has 3 N–H and O–H groups in total. The molecule has 1 aromatic heterocycles. The van der Waals surface area contributed by atoms with Crippen LogP contribution in [0.2, 0.25) is 0 Å². The molecule has 1 aliphatic heterocycles. The molecule has 0 radical (unpaired) electrons. The van der Waals surface area contributed by atoms with Crippen molar-refractivity contribution in [1.29, 1.82) is 0 Å². The van der Waals surface area contributed by atoms with Gasteiger partial charge in [0, 0.05) is 18.1 Å². The molecule has 1 atom stereocenters. The minimum atomic E-state index is 0.277. The maximum absolute atomic E-state index is 5.64. The van der Waals surface area contributed by atoms with Crippen LogP contribution < -0.4 is 11.3 Å².